The van der Waals surface area contributed by atoms with E-state index >= 15 is 0 Å². The van der Waals surface area contributed by atoms with Crippen molar-refractivity contribution in [2.45, 2.75) is 50.5 Å². The Labute approximate surface area is 158 Å². The van der Waals surface area contributed by atoms with E-state index in [0.29, 0.717) is 23.4 Å². The van der Waals surface area contributed by atoms with Gasteiger partial charge in [0, 0.05) is 13.0 Å². The van der Waals surface area contributed by atoms with E-state index in [1.165, 1.54) is 6.33 Å². The first-order valence-electron chi connectivity index (χ1n) is 8.80. The van der Waals surface area contributed by atoms with Gasteiger partial charge in [-0.05, 0) is 19.4 Å². The van der Waals surface area contributed by atoms with Gasteiger partial charge >= 0.3 is 0 Å². The van der Waals surface area contributed by atoms with Crippen molar-refractivity contribution in [1.82, 2.24) is 19.5 Å². The molecule has 3 heterocycles. The summed E-state index contributed by atoms with van der Waals surface area (Å²) >= 11 is 0. The molecule has 2 aromatic rings. The van der Waals surface area contributed by atoms with Gasteiger partial charge in [-0.2, -0.15) is 0 Å². The van der Waals surface area contributed by atoms with E-state index in [2.05, 4.69) is 20.3 Å². The Hall–Kier alpha value is -1.52. The largest absolute Gasteiger partial charge is 0.394 e. The summed E-state index contributed by atoms with van der Waals surface area (Å²) in [6, 6.07) is 0. The summed E-state index contributed by atoms with van der Waals surface area (Å²) in [4.78, 5) is 13.0. The predicted molar refractivity (Wildman–Crippen MR) is 100 cm³/mol. The van der Waals surface area contributed by atoms with Crippen molar-refractivity contribution in [2.75, 3.05) is 25.0 Å². The van der Waals surface area contributed by atoms with Crippen molar-refractivity contribution in [2.24, 2.45) is 5.73 Å². The van der Waals surface area contributed by atoms with Crippen molar-refractivity contribution < 1.29 is 14.9 Å². The number of aromatic nitrogens is 4. The zero-order valence-corrected chi connectivity index (χ0v) is 15.4. The standard InChI is InChI=1S/C16H26N6O3.ClH/c17-5-3-1-2-4-6-18-15-14-16(20-9-19-15)22(10-21-14)13-7-11(24)12(8-23)25-13;/h9-13,23-24H,1-8,17H2,(H,18,19,20);1H/t11-,12+,13+;/m0./s1. The summed E-state index contributed by atoms with van der Waals surface area (Å²) in [5.74, 6) is 0.694. The second-order valence-corrected chi connectivity index (χ2v) is 6.29. The van der Waals surface area contributed by atoms with E-state index in [1.807, 2.05) is 0 Å². The van der Waals surface area contributed by atoms with Gasteiger partial charge in [-0.1, -0.05) is 12.8 Å². The molecule has 0 amide bonds. The second-order valence-electron chi connectivity index (χ2n) is 6.29. The number of nitrogens with zero attached hydrogens (tertiary/aromatic N) is 4. The lowest BCUT2D eigenvalue weighted by Crippen LogP contribution is -2.24. The maximum absolute atomic E-state index is 9.92. The number of rotatable bonds is 9. The Morgan fingerprint density at radius 2 is 2.04 bits per heavy atom. The van der Waals surface area contributed by atoms with Crippen LogP contribution in [0.2, 0.25) is 0 Å². The number of halogens is 1. The zero-order valence-electron chi connectivity index (χ0n) is 14.6. The van der Waals surface area contributed by atoms with Crippen LogP contribution in [-0.2, 0) is 4.74 Å². The van der Waals surface area contributed by atoms with Crippen LogP contribution in [0.4, 0.5) is 5.82 Å². The fourth-order valence-corrected chi connectivity index (χ4v) is 3.07. The van der Waals surface area contributed by atoms with Crippen LogP contribution in [0.25, 0.3) is 11.2 Å². The molecule has 5 N–H and O–H groups in total. The monoisotopic (exact) mass is 386 g/mol. The summed E-state index contributed by atoms with van der Waals surface area (Å²) in [5.41, 5.74) is 6.82. The number of nitrogens with two attached hydrogens (primary N) is 1. The molecule has 0 unspecified atom stereocenters. The topological polar surface area (TPSA) is 131 Å². The molecule has 1 aliphatic rings. The fraction of sp³-hybridized carbons (Fsp3) is 0.688. The van der Waals surface area contributed by atoms with Crippen LogP contribution in [0.3, 0.4) is 0 Å². The maximum Gasteiger partial charge on any atom is 0.167 e. The lowest BCUT2D eigenvalue weighted by molar-refractivity contribution is -0.0432. The SMILES string of the molecule is Cl.NCCCCCCNc1ncnc2c1ncn2[C@H]1C[C@H](O)[C@@H](CO)O1. The first-order chi connectivity index (χ1) is 12.2. The highest BCUT2D eigenvalue weighted by atomic mass is 35.5. The van der Waals surface area contributed by atoms with E-state index < -0.39 is 18.4 Å². The molecule has 1 saturated heterocycles. The molecule has 3 atom stereocenters. The Kier molecular flexibility index (Phi) is 7.98. The van der Waals surface area contributed by atoms with E-state index in [-0.39, 0.29) is 19.0 Å². The second kappa shape index (κ2) is 9.98. The number of aliphatic hydroxyl groups is 2. The third-order valence-electron chi connectivity index (χ3n) is 4.48. The average molecular weight is 387 g/mol. The quantitative estimate of drug-likeness (QED) is 0.466. The number of hydrogen-bond acceptors (Lipinski definition) is 8. The number of unbranched alkanes of at least 4 members (excludes halogenated alkanes) is 3. The molecular formula is C16H27ClN6O3. The van der Waals surface area contributed by atoms with E-state index in [9.17, 15) is 10.2 Å². The molecule has 0 spiro atoms. The molecule has 0 radical (unpaired) electrons. The highest BCUT2D eigenvalue weighted by molar-refractivity contribution is 5.85. The summed E-state index contributed by atoms with van der Waals surface area (Å²) < 4.78 is 7.46. The van der Waals surface area contributed by atoms with Crippen LogP contribution < -0.4 is 11.1 Å². The molecule has 0 aromatic carbocycles. The summed E-state index contributed by atoms with van der Waals surface area (Å²) in [6.45, 7) is 1.34. The molecule has 9 nitrogen and oxygen atoms in total. The van der Waals surface area contributed by atoms with Crippen molar-refractivity contribution in [3.63, 3.8) is 0 Å². The molecule has 1 fully saturated rings. The maximum atomic E-state index is 9.92. The van der Waals surface area contributed by atoms with Crippen LogP contribution in [0, 0.1) is 0 Å². The van der Waals surface area contributed by atoms with E-state index in [1.54, 1.807) is 10.9 Å². The fourth-order valence-electron chi connectivity index (χ4n) is 3.07. The number of ether oxygens (including phenoxy) is 1. The number of imidazole rings is 1. The van der Waals surface area contributed by atoms with Crippen molar-refractivity contribution in [3.8, 4) is 0 Å². The Bertz CT molecular complexity index is 685. The third-order valence-corrected chi connectivity index (χ3v) is 4.48. The molecule has 1 aliphatic heterocycles. The van der Waals surface area contributed by atoms with Gasteiger partial charge in [0.05, 0.1) is 19.0 Å². The summed E-state index contributed by atoms with van der Waals surface area (Å²) in [7, 11) is 0. The van der Waals surface area contributed by atoms with Crippen LogP contribution in [-0.4, -0.2) is 61.6 Å². The lowest BCUT2D eigenvalue weighted by Gasteiger charge is -2.13. The van der Waals surface area contributed by atoms with Crippen molar-refractivity contribution in [1.29, 1.82) is 0 Å². The van der Waals surface area contributed by atoms with Crippen LogP contribution in [0.5, 0.6) is 0 Å². The number of aliphatic hydroxyl groups excluding tert-OH is 2. The first kappa shape index (κ1) is 20.8. The highest BCUT2D eigenvalue weighted by Crippen LogP contribution is 2.31. The van der Waals surface area contributed by atoms with Gasteiger partial charge in [-0.15, -0.1) is 12.4 Å². The molecule has 0 aliphatic carbocycles. The molecule has 26 heavy (non-hydrogen) atoms. The van der Waals surface area contributed by atoms with Gasteiger partial charge in [0.25, 0.3) is 0 Å². The molecule has 0 bridgehead atoms. The van der Waals surface area contributed by atoms with Gasteiger partial charge in [-0.3, -0.25) is 4.57 Å². The van der Waals surface area contributed by atoms with Gasteiger partial charge in [0.2, 0.25) is 0 Å². The van der Waals surface area contributed by atoms with Crippen LogP contribution in [0.1, 0.15) is 38.3 Å². The average Bonchev–Trinajstić information content (AvgIpc) is 3.21. The number of anilines is 1. The van der Waals surface area contributed by atoms with Crippen molar-refractivity contribution in [3.05, 3.63) is 12.7 Å². The molecule has 3 rings (SSSR count). The highest BCUT2D eigenvalue weighted by Gasteiger charge is 2.35. The number of hydrogen-bond donors (Lipinski definition) is 4. The van der Waals surface area contributed by atoms with E-state index in [0.717, 1.165) is 38.8 Å². The smallest absolute Gasteiger partial charge is 0.167 e. The molecule has 146 valence electrons. The van der Waals surface area contributed by atoms with Gasteiger partial charge in [0.1, 0.15) is 18.7 Å². The minimum absolute atomic E-state index is 0. The molecule has 0 saturated carbocycles. The van der Waals surface area contributed by atoms with Crippen LogP contribution >= 0.6 is 12.4 Å². The third kappa shape index (κ3) is 4.60. The zero-order chi connectivity index (χ0) is 17.6. The van der Waals surface area contributed by atoms with Crippen molar-refractivity contribution >= 4 is 29.4 Å². The van der Waals surface area contributed by atoms with E-state index in [4.69, 9.17) is 10.5 Å². The molecule has 10 heteroatoms. The normalized spacial score (nSPS) is 22.5. The summed E-state index contributed by atoms with van der Waals surface area (Å²) in [5, 5.41) is 22.5. The number of nitrogens with one attached hydrogen (secondary N) is 1. The Morgan fingerprint density at radius 1 is 1.23 bits per heavy atom. The van der Waals surface area contributed by atoms with Gasteiger partial charge < -0.3 is 26.0 Å². The lowest BCUT2D eigenvalue weighted by atomic mass is 10.2. The Balaban J connectivity index is 0.00000243. The summed E-state index contributed by atoms with van der Waals surface area (Å²) in [6.07, 6.45) is 6.24. The minimum atomic E-state index is -0.694. The molecular weight excluding hydrogens is 360 g/mol. The minimum Gasteiger partial charge on any atom is -0.394 e. The Morgan fingerprint density at radius 3 is 2.77 bits per heavy atom. The van der Waals surface area contributed by atoms with Gasteiger partial charge in [0.15, 0.2) is 17.0 Å². The molecule has 2 aromatic heterocycles. The first-order valence-corrected chi connectivity index (χ1v) is 8.80. The van der Waals surface area contributed by atoms with Crippen LogP contribution in [0.15, 0.2) is 12.7 Å². The number of fused-ring (bicyclic) bond motifs is 1. The van der Waals surface area contributed by atoms with Gasteiger partial charge in [-0.25, -0.2) is 15.0 Å². The predicted octanol–water partition coefficient (Wildman–Crippen LogP) is 0.820.